The predicted molar refractivity (Wildman–Crippen MR) is 109 cm³/mol. The van der Waals surface area contributed by atoms with E-state index in [1.807, 2.05) is 6.07 Å². The fraction of sp³-hybridized carbons (Fsp3) is 0.444. The van der Waals surface area contributed by atoms with E-state index in [0.29, 0.717) is 36.9 Å². The van der Waals surface area contributed by atoms with Crippen LogP contribution in [0.25, 0.3) is 0 Å². The highest BCUT2D eigenvalue weighted by Gasteiger charge is 2.19. The topological polar surface area (TPSA) is 62.5 Å². The highest BCUT2D eigenvalue weighted by Crippen LogP contribution is 2.22. The maximum absolute atomic E-state index is 13.6. The summed E-state index contributed by atoms with van der Waals surface area (Å²) in [5, 5.41) is 6.30. The Morgan fingerprint density at radius 2 is 1.96 bits per heavy atom. The zero-order valence-corrected chi connectivity index (χ0v) is 17.4. The van der Waals surface area contributed by atoms with Crippen molar-refractivity contribution in [3.05, 3.63) is 53.5 Å². The first-order valence-corrected chi connectivity index (χ1v) is 8.03. The number of benzene rings is 1. The van der Waals surface area contributed by atoms with Crippen LogP contribution < -0.4 is 10.6 Å². The van der Waals surface area contributed by atoms with E-state index in [1.165, 1.54) is 6.07 Å². The number of oxazole rings is 1. The zero-order valence-electron chi connectivity index (χ0n) is 15.1. The molecule has 5 nitrogen and oxygen atoms in total. The third-order valence-corrected chi connectivity index (χ3v) is 3.57. The summed E-state index contributed by atoms with van der Waals surface area (Å²) in [5.74, 6) is 1.90. The standard InChI is InChI=1S/C18H25FN4O.HI/c1-18(2,3)15-11-22-16(24-15)12-23-17(20-4)21-10-9-13-7-5-6-8-14(13)19;/h5-8,11H,9-10,12H2,1-4H3,(H2,20,21,23);1H. The van der Waals surface area contributed by atoms with Gasteiger partial charge in [0.05, 0.1) is 12.7 Å². The fourth-order valence-electron chi connectivity index (χ4n) is 2.14. The first kappa shape index (κ1) is 21.4. The largest absolute Gasteiger partial charge is 0.443 e. The Balaban J connectivity index is 0.00000312. The van der Waals surface area contributed by atoms with E-state index in [-0.39, 0.29) is 35.2 Å². The second-order valence-electron chi connectivity index (χ2n) is 6.56. The van der Waals surface area contributed by atoms with Crippen molar-refractivity contribution in [2.45, 2.75) is 39.2 Å². The molecule has 0 aliphatic heterocycles. The van der Waals surface area contributed by atoms with Crippen LogP contribution in [0.15, 0.2) is 39.9 Å². The molecule has 1 heterocycles. The average Bonchev–Trinajstić information content (AvgIpc) is 3.01. The van der Waals surface area contributed by atoms with Crippen LogP contribution in [0.1, 0.15) is 38.0 Å². The van der Waals surface area contributed by atoms with Gasteiger partial charge in [-0.05, 0) is 18.1 Å². The van der Waals surface area contributed by atoms with Crippen molar-refractivity contribution in [2.75, 3.05) is 13.6 Å². The van der Waals surface area contributed by atoms with Crippen LogP contribution in [0.5, 0.6) is 0 Å². The molecule has 138 valence electrons. The number of hydrogen-bond acceptors (Lipinski definition) is 3. The average molecular weight is 460 g/mol. The molecule has 2 aromatic rings. The number of hydrogen-bond donors (Lipinski definition) is 2. The molecule has 0 unspecified atom stereocenters. The van der Waals surface area contributed by atoms with Crippen LogP contribution in [0.3, 0.4) is 0 Å². The Hall–Kier alpha value is -1.64. The van der Waals surface area contributed by atoms with Crippen LogP contribution in [0.2, 0.25) is 0 Å². The van der Waals surface area contributed by atoms with E-state index in [4.69, 9.17) is 4.42 Å². The normalized spacial score (nSPS) is 11.8. The van der Waals surface area contributed by atoms with Crippen molar-refractivity contribution in [2.24, 2.45) is 4.99 Å². The number of nitrogens with one attached hydrogen (secondary N) is 2. The number of halogens is 2. The van der Waals surface area contributed by atoms with E-state index in [0.717, 1.165) is 5.76 Å². The number of aromatic nitrogens is 1. The molecule has 25 heavy (non-hydrogen) atoms. The summed E-state index contributed by atoms with van der Waals surface area (Å²) in [6, 6.07) is 6.78. The Morgan fingerprint density at radius 3 is 2.56 bits per heavy atom. The van der Waals surface area contributed by atoms with Crippen LogP contribution in [-0.2, 0) is 18.4 Å². The smallest absolute Gasteiger partial charge is 0.213 e. The summed E-state index contributed by atoms with van der Waals surface area (Å²) in [4.78, 5) is 8.41. The van der Waals surface area contributed by atoms with E-state index >= 15 is 0 Å². The van der Waals surface area contributed by atoms with Crippen LogP contribution in [0.4, 0.5) is 4.39 Å². The fourth-order valence-corrected chi connectivity index (χ4v) is 2.14. The quantitative estimate of drug-likeness (QED) is 0.407. The first-order chi connectivity index (χ1) is 11.4. The molecule has 0 amide bonds. The summed E-state index contributed by atoms with van der Waals surface area (Å²) >= 11 is 0. The van der Waals surface area contributed by atoms with Crippen molar-refractivity contribution in [1.82, 2.24) is 15.6 Å². The monoisotopic (exact) mass is 460 g/mol. The summed E-state index contributed by atoms with van der Waals surface area (Å²) in [6.45, 7) is 7.25. The molecule has 0 fully saturated rings. The molecule has 0 saturated heterocycles. The predicted octanol–water partition coefficient (Wildman–Crippen LogP) is 3.64. The summed E-state index contributed by atoms with van der Waals surface area (Å²) < 4.78 is 19.3. The summed E-state index contributed by atoms with van der Waals surface area (Å²) in [6.07, 6.45) is 2.34. The number of nitrogens with zero attached hydrogens (tertiary/aromatic N) is 2. The lowest BCUT2D eigenvalue weighted by molar-refractivity contribution is 0.379. The Kier molecular flexibility index (Phi) is 8.34. The SMILES string of the molecule is CN=C(NCCc1ccccc1F)NCc1ncc(C(C)(C)C)o1.I. The maximum atomic E-state index is 13.6. The zero-order chi connectivity index (χ0) is 17.6. The minimum Gasteiger partial charge on any atom is -0.443 e. The van der Waals surface area contributed by atoms with Gasteiger partial charge in [-0.2, -0.15) is 0 Å². The van der Waals surface area contributed by atoms with Gasteiger partial charge in [-0.3, -0.25) is 4.99 Å². The van der Waals surface area contributed by atoms with Crippen LogP contribution >= 0.6 is 24.0 Å². The Morgan fingerprint density at radius 1 is 1.24 bits per heavy atom. The number of rotatable bonds is 5. The highest BCUT2D eigenvalue weighted by atomic mass is 127. The van der Waals surface area contributed by atoms with Gasteiger partial charge >= 0.3 is 0 Å². The molecular weight excluding hydrogens is 434 g/mol. The van der Waals surface area contributed by atoms with E-state index < -0.39 is 0 Å². The van der Waals surface area contributed by atoms with Crippen molar-refractivity contribution in [3.63, 3.8) is 0 Å². The first-order valence-electron chi connectivity index (χ1n) is 8.03. The minimum atomic E-state index is -0.184. The van der Waals surface area contributed by atoms with Gasteiger partial charge in [0, 0.05) is 19.0 Å². The van der Waals surface area contributed by atoms with E-state index in [9.17, 15) is 4.39 Å². The summed E-state index contributed by atoms with van der Waals surface area (Å²) in [7, 11) is 1.69. The molecule has 7 heteroatoms. The molecule has 0 aliphatic rings. The number of aliphatic imine (C=N–C) groups is 1. The van der Waals surface area contributed by atoms with Gasteiger partial charge < -0.3 is 15.1 Å². The molecule has 0 aliphatic carbocycles. The van der Waals surface area contributed by atoms with Gasteiger partial charge in [0.1, 0.15) is 11.6 Å². The van der Waals surface area contributed by atoms with Crippen molar-refractivity contribution >= 4 is 29.9 Å². The Labute approximate surface area is 165 Å². The lowest BCUT2D eigenvalue weighted by atomic mass is 9.94. The third-order valence-electron chi connectivity index (χ3n) is 3.57. The highest BCUT2D eigenvalue weighted by molar-refractivity contribution is 14.0. The molecule has 0 saturated carbocycles. The van der Waals surface area contributed by atoms with Crippen molar-refractivity contribution < 1.29 is 8.81 Å². The van der Waals surface area contributed by atoms with Crippen molar-refractivity contribution in [3.8, 4) is 0 Å². The van der Waals surface area contributed by atoms with Gasteiger partial charge in [0.15, 0.2) is 5.96 Å². The molecule has 0 atom stereocenters. The molecular formula is C18H26FIN4O. The lowest BCUT2D eigenvalue weighted by Crippen LogP contribution is -2.38. The van der Waals surface area contributed by atoms with Crippen molar-refractivity contribution in [1.29, 1.82) is 0 Å². The molecule has 1 aromatic heterocycles. The van der Waals surface area contributed by atoms with Crippen LogP contribution in [-0.4, -0.2) is 24.5 Å². The Bertz CT molecular complexity index is 694. The second kappa shape index (κ2) is 9.74. The van der Waals surface area contributed by atoms with Gasteiger partial charge in [0.25, 0.3) is 0 Å². The van der Waals surface area contributed by atoms with Gasteiger partial charge in [-0.25, -0.2) is 9.37 Å². The maximum Gasteiger partial charge on any atom is 0.213 e. The molecule has 2 N–H and O–H groups in total. The second-order valence-corrected chi connectivity index (χ2v) is 6.56. The molecule has 0 bridgehead atoms. The van der Waals surface area contributed by atoms with E-state index in [2.05, 4.69) is 41.4 Å². The third kappa shape index (κ3) is 6.64. The van der Waals surface area contributed by atoms with E-state index in [1.54, 1.807) is 25.4 Å². The van der Waals surface area contributed by atoms with Gasteiger partial charge in [0.2, 0.25) is 5.89 Å². The van der Waals surface area contributed by atoms with Gasteiger partial charge in [-0.15, -0.1) is 24.0 Å². The van der Waals surface area contributed by atoms with Gasteiger partial charge in [-0.1, -0.05) is 39.0 Å². The molecule has 1 aromatic carbocycles. The lowest BCUT2D eigenvalue weighted by Gasteiger charge is -2.13. The summed E-state index contributed by atoms with van der Waals surface area (Å²) in [5.41, 5.74) is 0.619. The molecule has 0 radical (unpaired) electrons. The number of guanidine groups is 1. The van der Waals surface area contributed by atoms with Crippen LogP contribution in [0, 0.1) is 5.82 Å². The molecule has 0 spiro atoms. The molecule has 2 rings (SSSR count). The minimum absolute atomic E-state index is 0.